The van der Waals surface area contributed by atoms with Gasteiger partial charge in [-0.1, -0.05) is 49.6 Å². The molecule has 2 aliphatic rings. The highest BCUT2D eigenvalue weighted by Crippen LogP contribution is 2.48. The van der Waals surface area contributed by atoms with Crippen LogP contribution in [0.15, 0.2) is 54.6 Å². The maximum absolute atomic E-state index is 12.9. The van der Waals surface area contributed by atoms with E-state index in [0.29, 0.717) is 11.6 Å². The highest BCUT2D eigenvalue weighted by molar-refractivity contribution is 6.04. The average Bonchev–Trinajstić information content (AvgIpc) is 3.52. The molecule has 0 atom stereocenters. The molecule has 0 spiro atoms. The minimum absolute atomic E-state index is 0.125. The highest BCUT2D eigenvalue weighted by atomic mass is 16.2. The standard InChI is InChI=1S/C23H26N2O2/c26-21(17-7-3-1-4-8-17)24-20-13-11-18(12-14-20)23(15-16-23)22(27)25-19-9-5-2-6-10-19/h1,3-4,7-8,11-14,19H,2,5-6,9-10,15-16H2,(H,24,26)(H,25,27). The molecule has 0 aliphatic heterocycles. The number of amides is 2. The second-order valence-corrected chi connectivity index (χ2v) is 7.79. The molecule has 0 saturated heterocycles. The lowest BCUT2D eigenvalue weighted by molar-refractivity contribution is -0.124. The fourth-order valence-electron chi connectivity index (χ4n) is 4.01. The molecule has 0 bridgehead atoms. The minimum Gasteiger partial charge on any atom is -0.353 e. The van der Waals surface area contributed by atoms with E-state index in [-0.39, 0.29) is 17.2 Å². The third kappa shape index (κ3) is 3.90. The van der Waals surface area contributed by atoms with Crippen LogP contribution < -0.4 is 10.6 Å². The van der Waals surface area contributed by atoms with Crippen molar-refractivity contribution in [3.05, 3.63) is 65.7 Å². The van der Waals surface area contributed by atoms with Crippen LogP contribution in [0, 0.1) is 0 Å². The van der Waals surface area contributed by atoms with Crippen LogP contribution in [0.1, 0.15) is 60.9 Å². The zero-order valence-corrected chi connectivity index (χ0v) is 15.5. The second kappa shape index (κ2) is 7.55. The van der Waals surface area contributed by atoms with Crippen molar-refractivity contribution in [3.8, 4) is 0 Å². The molecule has 2 aromatic rings. The summed E-state index contributed by atoms with van der Waals surface area (Å²) in [6, 6.07) is 17.2. The number of carbonyl (C=O) groups is 2. The Morgan fingerprint density at radius 1 is 0.852 bits per heavy atom. The van der Waals surface area contributed by atoms with Crippen molar-refractivity contribution in [2.45, 2.75) is 56.4 Å². The van der Waals surface area contributed by atoms with Gasteiger partial charge in [0.1, 0.15) is 0 Å². The van der Waals surface area contributed by atoms with Crippen LogP contribution in [0.25, 0.3) is 0 Å². The molecule has 0 heterocycles. The number of benzene rings is 2. The Morgan fingerprint density at radius 3 is 2.15 bits per heavy atom. The first kappa shape index (κ1) is 17.8. The Balaban J connectivity index is 1.41. The zero-order chi connectivity index (χ0) is 18.7. The fourth-order valence-corrected chi connectivity index (χ4v) is 4.01. The molecule has 4 heteroatoms. The molecule has 2 saturated carbocycles. The van der Waals surface area contributed by atoms with Crippen molar-refractivity contribution in [1.82, 2.24) is 5.32 Å². The lowest BCUT2D eigenvalue weighted by Crippen LogP contribution is -2.42. The normalized spacial score (nSPS) is 18.5. The summed E-state index contributed by atoms with van der Waals surface area (Å²) in [7, 11) is 0. The smallest absolute Gasteiger partial charge is 0.255 e. The van der Waals surface area contributed by atoms with Gasteiger partial charge in [0, 0.05) is 17.3 Å². The van der Waals surface area contributed by atoms with E-state index in [1.165, 1.54) is 19.3 Å². The van der Waals surface area contributed by atoms with Crippen molar-refractivity contribution < 1.29 is 9.59 Å². The first-order chi connectivity index (χ1) is 13.2. The van der Waals surface area contributed by atoms with E-state index in [1.807, 2.05) is 42.5 Å². The van der Waals surface area contributed by atoms with Gasteiger partial charge in [0.2, 0.25) is 5.91 Å². The molecule has 2 aliphatic carbocycles. The monoisotopic (exact) mass is 362 g/mol. The van der Waals surface area contributed by atoms with E-state index < -0.39 is 0 Å². The molecule has 0 radical (unpaired) electrons. The van der Waals surface area contributed by atoms with Gasteiger partial charge in [0.05, 0.1) is 5.41 Å². The summed E-state index contributed by atoms with van der Waals surface area (Å²) < 4.78 is 0. The third-order valence-corrected chi connectivity index (χ3v) is 5.86. The van der Waals surface area contributed by atoms with Crippen LogP contribution in [-0.4, -0.2) is 17.9 Å². The van der Waals surface area contributed by atoms with Crippen LogP contribution in [-0.2, 0) is 10.2 Å². The summed E-state index contributed by atoms with van der Waals surface area (Å²) in [5, 5.41) is 6.19. The maximum atomic E-state index is 12.9. The Labute approximate surface area is 160 Å². The van der Waals surface area contributed by atoms with Crippen molar-refractivity contribution in [3.63, 3.8) is 0 Å². The zero-order valence-electron chi connectivity index (χ0n) is 15.5. The molecule has 2 fully saturated rings. The number of hydrogen-bond acceptors (Lipinski definition) is 2. The molecule has 4 rings (SSSR count). The van der Waals surface area contributed by atoms with Crippen LogP contribution >= 0.6 is 0 Å². The first-order valence-electron chi connectivity index (χ1n) is 9.95. The van der Waals surface area contributed by atoms with Gasteiger partial charge in [0.25, 0.3) is 5.91 Å². The van der Waals surface area contributed by atoms with E-state index in [1.54, 1.807) is 12.1 Å². The third-order valence-electron chi connectivity index (χ3n) is 5.86. The van der Waals surface area contributed by atoms with Gasteiger partial charge in [-0.3, -0.25) is 9.59 Å². The van der Waals surface area contributed by atoms with Gasteiger partial charge in [-0.25, -0.2) is 0 Å². The molecule has 140 valence electrons. The van der Waals surface area contributed by atoms with Gasteiger partial charge in [0.15, 0.2) is 0 Å². The Hall–Kier alpha value is -2.62. The van der Waals surface area contributed by atoms with Gasteiger partial charge in [-0.15, -0.1) is 0 Å². The van der Waals surface area contributed by atoms with E-state index in [2.05, 4.69) is 10.6 Å². The molecule has 2 N–H and O–H groups in total. The van der Waals surface area contributed by atoms with Crippen LogP contribution in [0.3, 0.4) is 0 Å². The number of rotatable bonds is 5. The van der Waals surface area contributed by atoms with Crippen LogP contribution in [0.4, 0.5) is 5.69 Å². The predicted molar refractivity (Wildman–Crippen MR) is 107 cm³/mol. The van der Waals surface area contributed by atoms with Gasteiger partial charge >= 0.3 is 0 Å². The largest absolute Gasteiger partial charge is 0.353 e. The van der Waals surface area contributed by atoms with E-state index in [9.17, 15) is 9.59 Å². The van der Waals surface area contributed by atoms with Crippen LogP contribution in [0.2, 0.25) is 0 Å². The second-order valence-electron chi connectivity index (χ2n) is 7.79. The molecule has 27 heavy (non-hydrogen) atoms. The lowest BCUT2D eigenvalue weighted by atomic mass is 9.91. The SMILES string of the molecule is O=C(Nc1ccc(C2(C(=O)NC3CCCCC3)CC2)cc1)c1ccccc1. The van der Waals surface area contributed by atoms with Crippen molar-refractivity contribution in [2.75, 3.05) is 5.32 Å². The molecular formula is C23H26N2O2. The maximum Gasteiger partial charge on any atom is 0.255 e. The van der Waals surface area contributed by atoms with Crippen molar-refractivity contribution in [1.29, 1.82) is 0 Å². The number of carbonyl (C=O) groups excluding carboxylic acids is 2. The van der Waals surface area contributed by atoms with Crippen LogP contribution in [0.5, 0.6) is 0 Å². The molecular weight excluding hydrogens is 336 g/mol. The number of nitrogens with one attached hydrogen (secondary N) is 2. The predicted octanol–water partition coefficient (Wildman–Crippen LogP) is 4.42. The minimum atomic E-state index is -0.362. The highest BCUT2D eigenvalue weighted by Gasteiger charge is 2.51. The molecule has 0 unspecified atom stereocenters. The quantitative estimate of drug-likeness (QED) is 0.827. The summed E-state index contributed by atoms with van der Waals surface area (Å²) >= 11 is 0. The van der Waals surface area contributed by atoms with Gasteiger partial charge in [-0.05, 0) is 55.5 Å². The van der Waals surface area contributed by atoms with Crippen molar-refractivity contribution in [2.24, 2.45) is 0 Å². The average molecular weight is 362 g/mol. The topological polar surface area (TPSA) is 58.2 Å². The molecule has 0 aromatic heterocycles. The van der Waals surface area contributed by atoms with Gasteiger partial charge < -0.3 is 10.6 Å². The summed E-state index contributed by atoms with van der Waals surface area (Å²) in [5.41, 5.74) is 2.07. The Bertz CT molecular complexity index is 804. The fraction of sp³-hybridized carbons (Fsp3) is 0.391. The first-order valence-corrected chi connectivity index (χ1v) is 9.95. The number of hydrogen-bond donors (Lipinski definition) is 2. The van der Waals surface area contributed by atoms with E-state index >= 15 is 0 Å². The summed E-state index contributed by atoms with van der Waals surface area (Å²) in [5.74, 6) is 0.0509. The van der Waals surface area contributed by atoms with E-state index in [0.717, 1.165) is 36.9 Å². The summed E-state index contributed by atoms with van der Waals surface area (Å²) in [6.45, 7) is 0. The summed E-state index contributed by atoms with van der Waals surface area (Å²) in [4.78, 5) is 25.1. The van der Waals surface area contributed by atoms with E-state index in [4.69, 9.17) is 0 Å². The van der Waals surface area contributed by atoms with Gasteiger partial charge in [-0.2, -0.15) is 0 Å². The molecule has 2 aromatic carbocycles. The lowest BCUT2D eigenvalue weighted by Gasteiger charge is -2.25. The Kier molecular flexibility index (Phi) is 4.97. The molecule has 4 nitrogen and oxygen atoms in total. The van der Waals surface area contributed by atoms with Crippen molar-refractivity contribution >= 4 is 17.5 Å². The summed E-state index contributed by atoms with van der Waals surface area (Å²) in [6.07, 6.45) is 7.73. The Morgan fingerprint density at radius 2 is 1.52 bits per heavy atom. The molecule has 2 amide bonds. The number of anilines is 1.